The number of carbonyl (C=O) groups is 1. The van der Waals surface area contributed by atoms with Crippen molar-refractivity contribution < 1.29 is 9.53 Å². The van der Waals surface area contributed by atoms with E-state index in [1.165, 1.54) is 11.8 Å². The number of fused-ring (bicyclic) bond motifs is 1. The maximum absolute atomic E-state index is 13.7. The summed E-state index contributed by atoms with van der Waals surface area (Å²) in [7, 11) is 3.71. The summed E-state index contributed by atoms with van der Waals surface area (Å²) in [5.41, 5.74) is 4.94. The van der Waals surface area contributed by atoms with Crippen LogP contribution in [0.5, 0.6) is 0 Å². The van der Waals surface area contributed by atoms with E-state index < -0.39 is 0 Å². The Morgan fingerprint density at radius 1 is 1.24 bits per heavy atom. The lowest BCUT2D eigenvalue weighted by Gasteiger charge is -2.39. The molecule has 0 radical (unpaired) electrons. The van der Waals surface area contributed by atoms with Crippen molar-refractivity contribution in [1.29, 1.82) is 0 Å². The smallest absolute Gasteiger partial charge is 0.254 e. The Kier molecular flexibility index (Phi) is 8.64. The fourth-order valence-corrected chi connectivity index (χ4v) is 6.40. The fraction of sp³-hybridized carbons (Fsp3) is 0.536. The van der Waals surface area contributed by atoms with Crippen molar-refractivity contribution in [3.05, 3.63) is 51.1 Å². The topological polar surface area (TPSA) is 92.2 Å². The SMILES string of the molecule is CCc1c(C(=O)NCc2c(SC)cc(C)[nH]c2=O)cc2c(cnn2C)c1N(CC)C1CCC(OC)CC1. The third-order valence-electron chi connectivity index (χ3n) is 7.65. The van der Waals surface area contributed by atoms with Crippen molar-refractivity contribution in [2.45, 2.75) is 76.5 Å². The van der Waals surface area contributed by atoms with Crippen LogP contribution in [0.15, 0.2) is 28.0 Å². The van der Waals surface area contributed by atoms with Crippen molar-refractivity contribution in [3.63, 3.8) is 0 Å². The number of thioether (sulfide) groups is 1. The van der Waals surface area contributed by atoms with Gasteiger partial charge in [-0.15, -0.1) is 11.8 Å². The largest absolute Gasteiger partial charge is 0.381 e. The van der Waals surface area contributed by atoms with Crippen molar-refractivity contribution >= 4 is 34.3 Å². The number of benzene rings is 1. The van der Waals surface area contributed by atoms with E-state index in [0.717, 1.165) is 65.0 Å². The number of aromatic nitrogens is 3. The lowest BCUT2D eigenvalue weighted by atomic mass is 9.89. The van der Waals surface area contributed by atoms with Gasteiger partial charge in [-0.25, -0.2) is 0 Å². The molecule has 3 aromatic rings. The Balaban J connectivity index is 1.73. The van der Waals surface area contributed by atoms with Gasteiger partial charge in [-0.2, -0.15) is 5.10 Å². The zero-order valence-electron chi connectivity index (χ0n) is 22.8. The molecule has 1 aliphatic carbocycles. The second-order valence-corrected chi connectivity index (χ2v) is 10.6. The summed E-state index contributed by atoms with van der Waals surface area (Å²) in [6.07, 6.45) is 9.10. The number of aromatic amines is 1. The third kappa shape index (κ3) is 5.43. The summed E-state index contributed by atoms with van der Waals surface area (Å²) in [5, 5.41) is 8.66. The van der Waals surface area contributed by atoms with Gasteiger partial charge in [0.25, 0.3) is 11.5 Å². The molecule has 2 N–H and O–H groups in total. The number of ether oxygens (including phenoxy) is 1. The fourth-order valence-electron chi connectivity index (χ4n) is 5.69. The maximum atomic E-state index is 13.7. The number of rotatable bonds is 9. The maximum Gasteiger partial charge on any atom is 0.254 e. The van der Waals surface area contributed by atoms with Gasteiger partial charge in [-0.05, 0) is 69.9 Å². The molecule has 0 saturated heterocycles. The lowest BCUT2D eigenvalue weighted by Crippen LogP contribution is -2.40. The Hall–Kier alpha value is -2.78. The van der Waals surface area contributed by atoms with Crippen LogP contribution in [0.2, 0.25) is 0 Å². The molecule has 0 bridgehead atoms. The zero-order chi connectivity index (χ0) is 26.7. The first kappa shape index (κ1) is 27.3. The van der Waals surface area contributed by atoms with Crippen LogP contribution in [-0.4, -0.2) is 52.7 Å². The number of aryl methyl sites for hydroxylation is 2. The molecule has 0 aliphatic heterocycles. The highest BCUT2D eigenvalue weighted by Crippen LogP contribution is 2.38. The predicted octanol–water partition coefficient (Wildman–Crippen LogP) is 4.57. The molecule has 9 heteroatoms. The van der Waals surface area contributed by atoms with Crippen molar-refractivity contribution in [2.24, 2.45) is 7.05 Å². The first-order chi connectivity index (χ1) is 17.8. The van der Waals surface area contributed by atoms with Crippen LogP contribution in [0.25, 0.3) is 10.9 Å². The second kappa shape index (κ2) is 11.7. The van der Waals surface area contributed by atoms with Gasteiger partial charge >= 0.3 is 0 Å². The number of anilines is 1. The van der Waals surface area contributed by atoms with Crippen molar-refractivity contribution in [1.82, 2.24) is 20.1 Å². The lowest BCUT2D eigenvalue weighted by molar-refractivity contribution is 0.0656. The van der Waals surface area contributed by atoms with Crippen molar-refractivity contribution in [3.8, 4) is 0 Å². The van der Waals surface area contributed by atoms with Gasteiger partial charge in [0.15, 0.2) is 0 Å². The van der Waals surface area contributed by atoms with Gasteiger partial charge in [-0.3, -0.25) is 14.3 Å². The standard InChI is InChI=1S/C28H39N5O3S/c1-7-20-21(27(34)29-15-23-25(37-6)13-17(3)31-28(23)35)14-24-22(16-30-32(24)4)26(20)33(8-2)18-9-11-19(36-5)12-10-18/h13-14,16,18-19H,7-12,15H2,1-6H3,(H,29,34)(H,31,35). The summed E-state index contributed by atoms with van der Waals surface area (Å²) >= 11 is 1.51. The van der Waals surface area contributed by atoms with Crippen LogP contribution in [-0.2, 0) is 24.8 Å². The first-order valence-corrected chi connectivity index (χ1v) is 14.4. The molecule has 1 aromatic carbocycles. The van der Waals surface area contributed by atoms with Crippen LogP contribution in [0.1, 0.15) is 66.7 Å². The number of amides is 1. The van der Waals surface area contributed by atoms with E-state index in [1.54, 1.807) is 7.11 Å². The zero-order valence-corrected chi connectivity index (χ0v) is 23.6. The Bertz CT molecular complexity index is 1320. The molecular formula is C28H39N5O3S. The Morgan fingerprint density at radius 3 is 2.59 bits per heavy atom. The number of hydrogen-bond donors (Lipinski definition) is 2. The van der Waals surface area contributed by atoms with E-state index in [2.05, 4.69) is 34.1 Å². The molecule has 0 atom stereocenters. The molecule has 1 fully saturated rings. The number of H-pyrrole nitrogens is 1. The summed E-state index contributed by atoms with van der Waals surface area (Å²) in [5.74, 6) is -0.174. The van der Waals surface area contributed by atoms with E-state index in [0.29, 0.717) is 29.7 Å². The van der Waals surface area contributed by atoms with Gasteiger partial charge in [0.2, 0.25) is 0 Å². The normalized spacial score (nSPS) is 17.8. The highest BCUT2D eigenvalue weighted by Gasteiger charge is 2.30. The van der Waals surface area contributed by atoms with E-state index in [9.17, 15) is 9.59 Å². The van der Waals surface area contributed by atoms with Gasteiger partial charge in [0.05, 0.1) is 23.5 Å². The Morgan fingerprint density at radius 2 is 1.97 bits per heavy atom. The molecule has 4 rings (SSSR count). The molecule has 2 aromatic heterocycles. The highest BCUT2D eigenvalue weighted by molar-refractivity contribution is 7.98. The molecule has 1 saturated carbocycles. The number of pyridine rings is 1. The quantitative estimate of drug-likeness (QED) is 0.398. The minimum Gasteiger partial charge on any atom is -0.381 e. The molecule has 200 valence electrons. The van der Waals surface area contributed by atoms with Gasteiger partial charge in [0, 0.05) is 60.4 Å². The number of nitrogens with zero attached hydrogens (tertiary/aromatic N) is 3. The monoisotopic (exact) mass is 525 g/mol. The minimum atomic E-state index is -0.174. The molecule has 0 spiro atoms. The third-order valence-corrected chi connectivity index (χ3v) is 8.46. The van der Waals surface area contributed by atoms with E-state index in [4.69, 9.17) is 4.74 Å². The summed E-state index contributed by atoms with van der Waals surface area (Å²) in [6.45, 7) is 7.17. The van der Waals surface area contributed by atoms with E-state index in [-0.39, 0.29) is 18.0 Å². The predicted molar refractivity (Wildman–Crippen MR) is 151 cm³/mol. The van der Waals surface area contributed by atoms with Gasteiger partial charge in [0.1, 0.15) is 0 Å². The van der Waals surface area contributed by atoms with Gasteiger partial charge < -0.3 is 19.9 Å². The number of nitrogens with one attached hydrogen (secondary N) is 2. The molecule has 8 nitrogen and oxygen atoms in total. The number of methoxy groups -OCH3 is 1. The first-order valence-electron chi connectivity index (χ1n) is 13.1. The molecule has 37 heavy (non-hydrogen) atoms. The van der Waals surface area contributed by atoms with Crippen LogP contribution in [0.4, 0.5) is 5.69 Å². The molecule has 1 aliphatic rings. The average Bonchev–Trinajstić information content (AvgIpc) is 3.28. The average molecular weight is 526 g/mol. The summed E-state index contributed by atoms with van der Waals surface area (Å²) < 4.78 is 7.45. The molecule has 0 unspecified atom stereocenters. The molecular weight excluding hydrogens is 486 g/mol. The number of hydrogen-bond acceptors (Lipinski definition) is 6. The van der Waals surface area contributed by atoms with Crippen molar-refractivity contribution in [2.75, 3.05) is 24.8 Å². The molecule has 2 heterocycles. The Labute approximate surface area is 223 Å². The van der Waals surface area contributed by atoms with Crippen LogP contribution in [0.3, 0.4) is 0 Å². The number of carbonyl (C=O) groups excluding carboxylic acids is 1. The summed E-state index contributed by atoms with van der Waals surface area (Å²) in [4.78, 5) is 32.5. The summed E-state index contributed by atoms with van der Waals surface area (Å²) in [6, 6.07) is 4.28. The van der Waals surface area contributed by atoms with E-state index >= 15 is 0 Å². The van der Waals surface area contributed by atoms with E-state index in [1.807, 2.05) is 43.2 Å². The van der Waals surface area contributed by atoms with Gasteiger partial charge in [-0.1, -0.05) is 6.92 Å². The van der Waals surface area contributed by atoms with Crippen LogP contribution < -0.4 is 15.8 Å². The second-order valence-electron chi connectivity index (χ2n) is 9.77. The van der Waals surface area contributed by atoms with Crippen LogP contribution >= 0.6 is 11.8 Å². The molecule has 1 amide bonds. The highest BCUT2D eigenvalue weighted by atomic mass is 32.2. The minimum absolute atomic E-state index is 0.160. The van der Waals surface area contributed by atoms with Crippen LogP contribution in [0, 0.1) is 6.92 Å².